The van der Waals surface area contributed by atoms with Crippen molar-refractivity contribution in [2.45, 2.75) is 13.0 Å². The van der Waals surface area contributed by atoms with E-state index in [0.717, 1.165) is 6.54 Å². The summed E-state index contributed by atoms with van der Waals surface area (Å²) in [5.74, 6) is -0.214. The van der Waals surface area contributed by atoms with Crippen molar-refractivity contribution in [1.82, 2.24) is 9.47 Å². The maximum atomic E-state index is 11.4. The fourth-order valence-electron chi connectivity index (χ4n) is 1.42. The summed E-state index contributed by atoms with van der Waals surface area (Å²) in [5.41, 5.74) is -0.00568. The minimum absolute atomic E-state index is 0.00568. The Bertz CT molecular complexity index is 414. The van der Waals surface area contributed by atoms with Crippen LogP contribution in [0.4, 0.5) is 0 Å². The van der Waals surface area contributed by atoms with E-state index in [9.17, 15) is 9.59 Å². The third-order valence-corrected chi connectivity index (χ3v) is 2.55. The summed E-state index contributed by atoms with van der Waals surface area (Å²) >= 11 is 0. The number of likely N-dealkylation sites (N-methyl/N-ethyl adjacent to an activating group) is 1. The van der Waals surface area contributed by atoms with E-state index in [1.165, 1.54) is 13.2 Å². The molecule has 0 aliphatic carbocycles. The molecule has 5 nitrogen and oxygen atoms in total. The van der Waals surface area contributed by atoms with Crippen molar-refractivity contribution >= 4 is 5.97 Å². The zero-order valence-electron chi connectivity index (χ0n) is 10.3. The topological polar surface area (TPSA) is 51.5 Å². The fraction of sp³-hybridized carbons (Fsp3) is 0.500. The largest absolute Gasteiger partial charge is 0.469 e. The highest BCUT2D eigenvalue weighted by Gasteiger charge is 2.04. The second kappa shape index (κ2) is 6.85. The first-order valence-electron chi connectivity index (χ1n) is 5.54. The normalized spacial score (nSPS) is 10.5. The summed E-state index contributed by atoms with van der Waals surface area (Å²) in [4.78, 5) is 24.4. The molecule has 17 heavy (non-hydrogen) atoms. The molecular weight excluding hydrogens is 220 g/mol. The predicted molar refractivity (Wildman–Crippen MR) is 64.8 cm³/mol. The molecule has 0 aromatic carbocycles. The summed E-state index contributed by atoms with van der Waals surface area (Å²) in [7, 11) is 3.29. The van der Waals surface area contributed by atoms with E-state index in [4.69, 9.17) is 0 Å². The molecule has 1 aromatic rings. The van der Waals surface area contributed by atoms with Gasteiger partial charge in [-0.3, -0.25) is 9.59 Å². The Balaban J connectivity index is 2.33. The Kier molecular flexibility index (Phi) is 5.42. The number of carbonyl (C=O) groups excluding carboxylic acids is 1. The van der Waals surface area contributed by atoms with Crippen molar-refractivity contribution < 1.29 is 9.53 Å². The standard InChI is InChI=1S/C12H18N2O3/c1-13(8-6-12(16)17-2)9-10-14-7-4-3-5-11(14)15/h3-5,7H,6,8-10H2,1-2H3. The van der Waals surface area contributed by atoms with Crippen LogP contribution in [0.15, 0.2) is 29.2 Å². The average Bonchev–Trinajstić information content (AvgIpc) is 2.35. The van der Waals surface area contributed by atoms with E-state index >= 15 is 0 Å². The second-order valence-corrected chi connectivity index (χ2v) is 3.86. The highest BCUT2D eigenvalue weighted by atomic mass is 16.5. The highest BCUT2D eigenvalue weighted by Crippen LogP contribution is 1.91. The summed E-state index contributed by atoms with van der Waals surface area (Å²) in [5, 5.41) is 0. The molecule has 94 valence electrons. The molecule has 0 unspecified atom stereocenters. The van der Waals surface area contributed by atoms with E-state index in [1.807, 2.05) is 18.0 Å². The van der Waals surface area contributed by atoms with E-state index in [2.05, 4.69) is 4.74 Å². The lowest BCUT2D eigenvalue weighted by Crippen LogP contribution is -2.29. The molecule has 0 atom stereocenters. The summed E-state index contributed by atoms with van der Waals surface area (Å²) in [6.07, 6.45) is 2.13. The number of aromatic nitrogens is 1. The van der Waals surface area contributed by atoms with Gasteiger partial charge < -0.3 is 14.2 Å². The summed E-state index contributed by atoms with van der Waals surface area (Å²) in [6.45, 7) is 1.98. The number of nitrogens with zero attached hydrogens (tertiary/aromatic N) is 2. The zero-order valence-corrected chi connectivity index (χ0v) is 10.3. The molecule has 1 rings (SSSR count). The quantitative estimate of drug-likeness (QED) is 0.671. The molecule has 0 radical (unpaired) electrons. The molecule has 0 N–H and O–H groups in total. The van der Waals surface area contributed by atoms with Crippen LogP contribution in [0.25, 0.3) is 0 Å². The van der Waals surface area contributed by atoms with Crippen molar-refractivity contribution in [2.24, 2.45) is 0 Å². The molecular formula is C12H18N2O3. The molecule has 0 fully saturated rings. The monoisotopic (exact) mass is 238 g/mol. The van der Waals surface area contributed by atoms with Gasteiger partial charge in [-0.25, -0.2) is 0 Å². The maximum Gasteiger partial charge on any atom is 0.306 e. The Labute approximate surface area is 101 Å². The lowest BCUT2D eigenvalue weighted by molar-refractivity contribution is -0.140. The number of rotatable bonds is 6. The molecule has 0 saturated carbocycles. The Morgan fingerprint density at radius 1 is 1.41 bits per heavy atom. The molecule has 0 aliphatic heterocycles. The van der Waals surface area contributed by atoms with Gasteiger partial charge in [0.1, 0.15) is 0 Å². The average molecular weight is 238 g/mol. The van der Waals surface area contributed by atoms with Crippen molar-refractivity contribution in [3.05, 3.63) is 34.7 Å². The van der Waals surface area contributed by atoms with Crippen LogP contribution in [-0.4, -0.2) is 42.7 Å². The van der Waals surface area contributed by atoms with Crippen molar-refractivity contribution in [3.63, 3.8) is 0 Å². The molecule has 0 bridgehead atoms. The molecule has 0 spiro atoms. The van der Waals surface area contributed by atoms with Gasteiger partial charge in [-0.05, 0) is 13.1 Å². The number of carbonyl (C=O) groups is 1. The van der Waals surface area contributed by atoms with E-state index in [1.54, 1.807) is 16.8 Å². The van der Waals surface area contributed by atoms with Gasteiger partial charge in [0.25, 0.3) is 5.56 Å². The third kappa shape index (κ3) is 4.82. The van der Waals surface area contributed by atoms with Crippen LogP contribution in [0.1, 0.15) is 6.42 Å². The number of methoxy groups -OCH3 is 1. The number of pyridine rings is 1. The molecule has 1 aromatic heterocycles. The van der Waals surface area contributed by atoms with Gasteiger partial charge in [-0.15, -0.1) is 0 Å². The van der Waals surface area contributed by atoms with Crippen LogP contribution in [0.5, 0.6) is 0 Å². The van der Waals surface area contributed by atoms with Crippen LogP contribution >= 0.6 is 0 Å². The predicted octanol–water partition coefficient (Wildman–Crippen LogP) is 0.343. The summed E-state index contributed by atoms with van der Waals surface area (Å²) in [6, 6.07) is 5.09. The first-order valence-corrected chi connectivity index (χ1v) is 5.54. The second-order valence-electron chi connectivity index (χ2n) is 3.86. The van der Waals surface area contributed by atoms with Gasteiger partial charge in [0.15, 0.2) is 0 Å². The lowest BCUT2D eigenvalue weighted by Gasteiger charge is -2.16. The molecule has 0 aliphatic rings. The highest BCUT2D eigenvalue weighted by molar-refractivity contribution is 5.69. The third-order valence-electron chi connectivity index (χ3n) is 2.55. The number of ether oxygens (including phenoxy) is 1. The fourth-order valence-corrected chi connectivity index (χ4v) is 1.42. The van der Waals surface area contributed by atoms with Gasteiger partial charge in [-0.1, -0.05) is 6.07 Å². The molecule has 0 amide bonds. The first-order chi connectivity index (χ1) is 8.13. The Morgan fingerprint density at radius 3 is 2.82 bits per heavy atom. The number of hydrogen-bond donors (Lipinski definition) is 0. The van der Waals surface area contributed by atoms with Gasteiger partial charge in [0, 0.05) is 31.9 Å². The molecule has 0 saturated heterocycles. The number of esters is 1. The van der Waals surface area contributed by atoms with Crippen LogP contribution in [0.2, 0.25) is 0 Å². The van der Waals surface area contributed by atoms with Crippen LogP contribution in [-0.2, 0) is 16.1 Å². The van der Waals surface area contributed by atoms with Crippen molar-refractivity contribution in [3.8, 4) is 0 Å². The van der Waals surface area contributed by atoms with Crippen molar-refractivity contribution in [2.75, 3.05) is 27.2 Å². The Morgan fingerprint density at radius 2 is 2.18 bits per heavy atom. The number of hydrogen-bond acceptors (Lipinski definition) is 4. The first kappa shape index (κ1) is 13.4. The maximum absolute atomic E-state index is 11.4. The molecule has 1 heterocycles. The molecule has 5 heteroatoms. The lowest BCUT2D eigenvalue weighted by atomic mass is 10.4. The van der Waals surface area contributed by atoms with Crippen LogP contribution in [0.3, 0.4) is 0 Å². The van der Waals surface area contributed by atoms with Crippen molar-refractivity contribution in [1.29, 1.82) is 0 Å². The summed E-state index contributed by atoms with van der Waals surface area (Å²) < 4.78 is 6.21. The Hall–Kier alpha value is -1.62. The van der Waals surface area contributed by atoms with E-state index in [-0.39, 0.29) is 11.5 Å². The van der Waals surface area contributed by atoms with Gasteiger partial charge in [0.05, 0.1) is 13.5 Å². The van der Waals surface area contributed by atoms with Crippen LogP contribution in [0, 0.1) is 0 Å². The van der Waals surface area contributed by atoms with Gasteiger partial charge >= 0.3 is 5.97 Å². The van der Waals surface area contributed by atoms with Gasteiger partial charge in [0.2, 0.25) is 0 Å². The minimum atomic E-state index is -0.214. The SMILES string of the molecule is COC(=O)CCN(C)CCn1ccccc1=O. The van der Waals surface area contributed by atoms with E-state index in [0.29, 0.717) is 19.5 Å². The minimum Gasteiger partial charge on any atom is -0.469 e. The van der Waals surface area contributed by atoms with E-state index < -0.39 is 0 Å². The smallest absolute Gasteiger partial charge is 0.306 e. The zero-order chi connectivity index (χ0) is 12.7. The van der Waals surface area contributed by atoms with Gasteiger partial charge in [-0.2, -0.15) is 0 Å². The van der Waals surface area contributed by atoms with Crippen LogP contribution < -0.4 is 5.56 Å².